The molecule has 0 N–H and O–H groups in total. The minimum atomic E-state index is 0.636. The fraction of sp³-hybridized carbons (Fsp3) is 0.500. The third-order valence-corrected chi connectivity index (χ3v) is 6.16. The van der Waals surface area contributed by atoms with Gasteiger partial charge in [0.15, 0.2) is 0 Å². The van der Waals surface area contributed by atoms with Crippen LogP contribution in [-0.4, -0.2) is 24.6 Å². The fourth-order valence-electron chi connectivity index (χ4n) is 4.26. The summed E-state index contributed by atoms with van der Waals surface area (Å²) in [4.78, 5) is 0. The molecule has 2 aromatic rings. The first kappa shape index (κ1) is 18.2. The van der Waals surface area contributed by atoms with Crippen LogP contribution >= 0.6 is 0 Å². The predicted octanol–water partition coefficient (Wildman–Crippen LogP) is 6.11. The summed E-state index contributed by atoms with van der Waals surface area (Å²) in [5.74, 6) is 1.28. The van der Waals surface area contributed by atoms with E-state index in [0.717, 1.165) is 0 Å². The van der Waals surface area contributed by atoms with E-state index in [0.29, 0.717) is 11.8 Å². The van der Waals surface area contributed by atoms with Crippen LogP contribution in [0.25, 0.3) is 0 Å². The standard InChI is InChI=1S/C24H34N/c1-20(23-9-5-4-6-10-23)11-12-21(2)24-15-13-22(14-16-24)19-25(3)17-7-8-18-25/h4-6,9-10,13-16,20-21H,7-8,11-12,17-19H2,1-3H3/q+1. The van der Waals surface area contributed by atoms with Gasteiger partial charge in [-0.25, -0.2) is 0 Å². The Hall–Kier alpha value is -1.60. The zero-order valence-corrected chi connectivity index (χ0v) is 16.2. The zero-order valence-electron chi connectivity index (χ0n) is 16.2. The van der Waals surface area contributed by atoms with Crippen molar-refractivity contribution in [1.29, 1.82) is 0 Å². The van der Waals surface area contributed by atoms with Gasteiger partial charge < -0.3 is 4.48 Å². The second kappa shape index (κ2) is 8.19. The van der Waals surface area contributed by atoms with Crippen molar-refractivity contribution in [3.05, 3.63) is 71.3 Å². The van der Waals surface area contributed by atoms with Crippen molar-refractivity contribution >= 4 is 0 Å². The third kappa shape index (κ3) is 4.95. The second-order valence-electron chi connectivity index (χ2n) is 8.46. The molecule has 1 saturated heterocycles. The maximum atomic E-state index is 2.41. The molecule has 0 aromatic heterocycles. The van der Waals surface area contributed by atoms with Crippen molar-refractivity contribution in [3.8, 4) is 0 Å². The van der Waals surface area contributed by atoms with Gasteiger partial charge in [0.1, 0.15) is 6.54 Å². The van der Waals surface area contributed by atoms with Gasteiger partial charge in [-0.3, -0.25) is 0 Å². The van der Waals surface area contributed by atoms with E-state index in [1.165, 1.54) is 66.5 Å². The first-order valence-corrected chi connectivity index (χ1v) is 10.0. The van der Waals surface area contributed by atoms with E-state index >= 15 is 0 Å². The quantitative estimate of drug-likeness (QED) is 0.535. The van der Waals surface area contributed by atoms with Gasteiger partial charge in [-0.1, -0.05) is 68.4 Å². The van der Waals surface area contributed by atoms with Gasteiger partial charge in [-0.15, -0.1) is 0 Å². The summed E-state index contributed by atoms with van der Waals surface area (Å²) < 4.78 is 1.23. The summed E-state index contributed by atoms with van der Waals surface area (Å²) in [7, 11) is 2.41. The lowest BCUT2D eigenvalue weighted by Crippen LogP contribution is -2.39. The number of benzene rings is 2. The van der Waals surface area contributed by atoms with Crippen LogP contribution in [0.5, 0.6) is 0 Å². The maximum absolute atomic E-state index is 2.41. The van der Waals surface area contributed by atoms with Gasteiger partial charge in [0.25, 0.3) is 0 Å². The summed E-state index contributed by atoms with van der Waals surface area (Å²) in [5.41, 5.74) is 4.46. The van der Waals surface area contributed by atoms with E-state index in [1.54, 1.807) is 0 Å². The molecule has 1 heteroatoms. The van der Waals surface area contributed by atoms with E-state index in [-0.39, 0.29) is 0 Å². The molecule has 2 unspecified atom stereocenters. The fourth-order valence-corrected chi connectivity index (χ4v) is 4.26. The van der Waals surface area contributed by atoms with Crippen molar-refractivity contribution in [2.75, 3.05) is 20.1 Å². The zero-order chi connectivity index (χ0) is 17.7. The Bertz CT molecular complexity index is 638. The van der Waals surface area contributed by atoms with Crippen LogP contribution in [0, 0.1) is 0 Å². The van der Waals surface area contributed by atoms with Gasteiger partial charge in [0, 0.05) is 18.4 Å². The van der Waals surface area contributed by atoms with Crippen molar-refractivity contribution in [1.82, 2.24) is 0 Å². The van der Waals surface area contributed by atoms with Crippen molar-refractivity contribution in [2.45, 2.75) is 57.9 Å². The molecule has 2 aromatic carbocycles. The average molecular weight is 337 g/mol. The highest BCUT2D eigenvalue weighted by atomic mass is 15.3. The Kier molecular flexibility index (Phi) is 5.96. The monoisotopic (exact) mass is 336 g/mol. The molecule has 25 heavy (non-hydrogen) atoms. The Labute approximate surface area is 154 Å². The summed E-state index contributed by atoms with van der Waals surface area (Å²) in [6.07, 6.45) is 5.29. The van der Waals surface area contributed by atoms with Crippen LogP contribution in [0.2, 0.25) is 0 Å². The van der Waals surface area contributed by atoms with E-state index < -0.39 is 0 Å². The molecule has 2 atom stereocenters. The minimum absolute atomic E-state index is 0.636. The molecule has 0 radical (unpaired) electrons. The summed E-state index contributed by atoms with van der Waals surface area (Å²) in [5, 5.41) is 0. The number of likely N-dealkylation sites (tertiary alicyclic amines) is 1. The van der Waals surface area contributed by atoms with Crippen LogP contribution in [0.3, 0.4) is 0 Å². The van der Waals surface area contributed by atoms with Crippen LogP contribution in [-0.2, 0) is 6.54 Å². The Morgan fingerprint density at radius 3 is 1.84 bits per heavy atom. The largest absolute Gasteiger partial charge is 0.322 e. The average Bonchev–Trinajstić information content (AvgIpc) is 3.07. The number of hydrogen-bond donors (Lipinski definition) is 0. The van der Waals surface area contributed by atoms with Crippen LogP contribution in [0.1, 0.15) is 68.1 Å². The summed E-state index contributed by atoms with van der Waals surface area (Å²) in [6, 6.07) is 20.4. The van der Waals surface area contributed by atoms with Crippen molar-refractivity contribution < 1.29 is 4.48 Å². The first-order valence-electron chi connectivity index (χ1n) is 10.0. The lowest BCUT2D eigenvalue weighted by atomic mass is 9.89. The Morgan fingerprint density at radius 1 is 0.760 bits per heavy atom. The Morgan fingerprint density at radius 2 is 1.28 bits per heavy atom. The molecule has 3 rings (SSSR count). The van der Waals surface area contributed by atoms with Gasteiger partial charge in [-0.2, -0.15) is 0 Å². The molecule has 1 aliphatic rings. The minimum Gasteiger partial charge on any atom is -0.322 e. The van der Waals surface area contributed by atoms with E-state index in [1.807, 2.05) is 0 Å². The molecule has 134 valence electrons. The van der Waals surface area contributed by atoms with E-state index in [9.17, 15) is 0 Å². The second-order valence-corrected chi connectivity index (χ2v) is 8.46. The number of nitrogens with zero attached hydrogens (tertiary/aromatic N) is 1. The lowest BCUT2D eigenvalue weighted by molar-refractivity contribution is -0.910. The van der Waals surface area contributed by atoms with E-state index in [4.69, 9.17) is 0 Å². The number of hydrogen-bond acceptors (Lipinski definition) is 0. The predicted molar refractivity (Wildman–Crippen MR) is 108 cm³/mol. The normalized spacial score (nSPS) is 18.8. The summed E-state index contributed by atoms with van der Waals surface area (Å²) in [6.45, 7) is 8.61. The molecule has 1 aliphatic heterocycles. The highest BCUT2D eigenvalue weighted by Gasteiger charge is 2.26. The number of quaternary nitrogens is 1. The van der Waals surface area contributed by atoms with E-state index in [2.05, 4.69) is 75.5 Å². The highest BCUT2D eigenvalue weighted by molar-refractivity contribution is 5.25. The molecule has 1 heterocycles. The SMILES string of the molecule is CC(CCC(C)c1ccc(C[N+]2(C)CCCC2)cc1)c1ccccc1. The van der Waals surface area contributed by atoms with Gasteiger partial charge in [0.05, 0.1) is 20.1 Å². The molecule has 1 fully saturated rings. The van der Waals surface area contributed by atoms with Gasteiger partial charge in [-0.05, 0) is 35.8 Å². The van der Waals surface area contributed by atoms with Crippen LogP contribution in [0.4, 0.5) is 0 Å². The highest BCUT2D eigenvalue weighted by Crippen LogP contribution is 2.28. The Balaban J connectivity index is 1.53. The third-order valence-electron chi connectivity index (χ3n) is 6.16. The summed E-state index contributed by atoms with van der Waals surface area (Å²) >= 11 is 0. The van der Waals surface area contributed by atoms with Crippen LogP contribution in [0.15, 0.2) is 54.6 Å². The lowest BCUT2D eigenvalue weighted by Gasteiger charge is -2.29. The molecule has 0 bridgehead atoms. The molecule has 0 saturated carbocycles. The molecule has 1 nitrogen and oxygen atoms in total. The number of rotatable bonds is 7. The smallest absolute Gasteiger partial charge is 0.104 e. The maximum Gasteiger partial charge on any atom is 0.104 e. The van der Waals surface area contributed by atoms with Crippen molar-refractivity contribution in [3.63, 3.8) is 0 Å². The molecule has 0 spiro atoms. The van der Waals surface area contributed by atoms with Gasteiger partial charge >= 0.3 is 0 Å². The first-order chi connectivity index (χ1) is 12.1. The van der Waals surface area contributed by atoms with Gasteiger partial charge in [0.2, 0.25) is 0 Å². The van der Waals surface area contributed by atoms with Crippen LogP contribution < -0.4 is 0 Å². The molecular weight excluding hydrogens is 302 g/mol. The molecular formula is C24H34N+. The van der Waals surface area contributed by atoms with Crippen molar-refractivity contribution in [2.24, 2.45) is 0 Å². The molecule has 0 aliphatic carbocycles. The molecule has 0 amide bonds. The topological polar surface area (TPSA) is 0 Å².